The lowest BCUT2D eigenvalue weighted by Crippen LogP contribution is -2.31. The predicted molar refractivity (Wildman–Crippen MR) is 138 cm³/mol. The van der Waals surface area contributed by atoms with Gasteiger partial charge in [-0.2, -0.15) is 0 Å². The van der Waals surface area contributed by atoms with Crippen LogP contribution in [-0.2, 0) is 0 Å². The van der Waals surface area contributed by atoms with Crippen LogP contribution in [0.1, 0.15) is 66.2 Å². The smallest absolute Gasteiger partial charge is 0.251 e. The van der Waals surface area contributed by atoms with Crippen molar-refractivity contribution in [1.82, 2.24) is 10.3 Å². The third-order valence-electron chi connectivity index (χ3n) is 6.55. The maximum Gasteiger partial charge on any atom is 0.251 e. The number of primary amides is 1. The number of aromatic amines is 1. The van der Waals surface area contributed by atoms with Gasteiger partial charge < -0.3 is 26.0 Å². The number of hydrogen-bond acceptors (Lipinski definition) is 5. The summed E-state index contributed by atoms with van der Waals surface area (Å²) in [5.74, 6) is -1.24. The first-order valence-electron chi connectivity index (χ1n) is 12.3. The van der Waals surface area contributed by atoms with Crippen LogP contribution in [0.5, 0.6) is 5.75 Å². The molecule has 1 aromatic heterocycles. The Bertz CT molecular complexity index is 1310. The lowest BCUT2D eigenvalue weighted by atomic mass is 10.0. The van der Waals surface area contributed by atoms with Gasteiger partial charge in [-0.25, -0.2) is 0 Å². The zero-order valence-electron chi connectivity index (χ0n) is 20.0. The second kappa shape index (κ2) is 10.6. The van der Waals surface area contributed by atoms with E-state index in [-0.39, 0.29) is 17.0 Å². The predicted octanol–water partition coefficient (Wildman–Crippen LogP) is 3.91. The van der Waals surface area contributed by atoms with E-state index in [0.717, 1.165) is 57.3 Å². The van der Waals surface area contributed by atoms with Crippen LogP contribution in [-0.4, -0.2) is 41.5 Å². The van der Waals surface area contributed by atoms with Gasteiger partial charge in [0.15, 0.2) is 5.75 Å². The summed E-state index contributed by atoms with van der Waals surface area (Å²) < 4.78 is 0. The molecule has 2 amide bonds. The van der Waals surface area contributed by atoms with Crippen LogP contribution in [0.2, 0.25) is 0 Å². The third kappa shape index (κ3) is 5.16. The molecule has 4 rings (SSSR count). The highest BCUT2D eigenvalue weighted by molar-refractivity contribution is 6.01. The van der Waals surface area contributed by atoms with E-state index in [9.17, 15) is 19.5 Å². The molecule has 0 atom stereocenters. The van der Waals surface area contributed by atoms with E-state index < -0.39 is 17.1 Å². The molecule has 184 valence electrons. The second-order valence-corrected chi connectivity index (χ2v) is 9.04. The summed E-state index contributed by atoms with van der Waals surface area (Å²) in [6, 6.07) is 9.89. The van der Waals surface area contributed by atoms with Crippen LogP contribution in [0.25, 0.3) is 22.2 Å². The van der Waals surface area contributed by atoms with E-state index in [2.05, 4.69) is 22.1 Å². The number of pyridine rings is 1. The minimum atomic E-state index is -0.572. The Morgan fingerprint density at radius 1 is 1.09 bits per heavy atom. The van der Waals surface area contributed by atoms with Gasteiger partial charge in [0, 0.05) is 41.8 Å². The summed E-state index contributed by atoms with van der Waals surface area (Å²) in [4.78, 5) is 43.0. The average molecular weight is 477 g/mol. The van der Waals surface area contributed by atoms with E-state index in [1.54, 1.807) is 24.3 Å². The monoisotopic (exact) mass is 476 g/mol. The largest absolute Gasteiger partial charge is 0.503 e. The van der Waals surface area contributed by atoms with Gasteiger partial charge in [-0.05, 0) is 56.0 Å². The van der Waals surface area contributed by atoms with Crippen molar-refractivity contribution in [2.75, 3.05) is 24.5 Å². The quantitative estimate of drug-likeness (QED) is 0.367. The Balaban J connectivity index is 1.72. The molecule has 0 spiro atoms. The molecule has 2 heterocycles. The zero-order chi connectivity index (χ0) is 24.9. The number of carbonyl (C=O) groups excluding carboxylic acids is 2. The summed E-state index contributed by atoms with van der Waals surface area (Å²) in [7, 11) is 0. The molecule has 8 nitrogen and oxygen atoms in total. The van der Waals surface area contributed by atoms with Gasteiger partial charge in [0.2, 0.25) is 5.43 Å². The minimum absolute atomic E-state index is 0.177. The molecule has 35 heavy (non-hydrogen) atoms. The van der Waals surface area contributed by atoms with E-state index in [4.69, 9.17) is 5.73 Å². The van der Waals surface area contributed by atoms with Crippen LogP contribution in [0.4, 0.5) is 5.69 Å². The first kappa shape index (κ1) is 24.3. The molecule has 5 N–H and O–H groups in total. The Hall–Kier alpha value is -3.81. The molecule has 1 aliphatic heterocycles. The number of nitrogens with one attached hydrogen (secondary N) is 2. The molecule has 1 aliphatic rings. The number of aromatic hydroxyl groups is 1. The maximum atomic E-state index is 12.9. The van der Waals surface area contributed by atoms with Gasteiger partial charge in [0.1, 0.15) is 0 Å². The van der Waals surface area contributed by atoms with Crippen molar-refractivity contribution in [3.8, 4) is 17.0 Å². The molecule has 0 aliphatic carbocycles. The number of nitrogens with two attached hydrogens (primary N) is 1. The van der Waals surface area contributed by atoms with E-state index >= 15 is 0 Å². The summed E-state index contributed by atoms with van der Waals surface area (Å²) >= 11 is 0. The minimum Gasteiger partial charge on any atom is -0.503 e. The zero-order valence-corrected chi connectivity index (χ0v) is 20.0. The van der Waals surface area contributed by atoms with Crippen molar-refractivity contribution in [2.45, 2.75) is 45.4 Å². The van der Waals surface area contributed by atoms with Gasteiger partial charge in [-0.15, -0.1) is 0 Å². The van der Waals surface area contributed by atoms with Crippen LogP contribution in [0.3, 0.4) is 0 Å². The number of rotatable bonds is 8. The van der Waals surface area contributed by atoms with Crippen LogP contribution in [0, 0.1) is 0 Å². The van der Waals surface area contributed by atoms with Crippen LogP contribution in [0.15, 0.2) is 41.2 Å². The van der Waals surface area contributed by atoms with Gasteiger partial charge in [-0.3, -0.25) is 14.4 Å². The normalized spacial score (nSPS) is 13.7. The number of anilines is 1. The van der Waals surface area contributed by atoms with Gasteiger partial charge in [0.25, 0.3) is 11.8 Å². The van der Waals surface area contributed by atoms with E-state index in [0.29, 0.717) is 28.8 Å². The number of amides is 2. The first-order chi connectivity index (χ1) is 16.9. The summed E-state index contributed by atoms with van der Waals surface area (Å²) in [5, 5.41) is 13.9. The molecule has 1 fully saturated rings. The van der Waals surface area contributed by atoms with E-state index in [1.807, 2.05) is 6.07 Å². The lowest BCUT2D eigenvalue weighted by Gasteiger charge is -2.30. The number of nitrogens with zero attached hydrogens (tertiary/aromatic N) is 1. The topological polar surface area (TPSA) is 129 Å². The van der Waals surface area contributed by atoms with Gasteiger partial charge in [-0.1, -0.05) is 25.8 Å². The van der Waals surface area contributed by atoms with E-state index in [1.165, 1.54) is 6.07 Å². The molecule has 0 radical (unpaired) electrons. The van der Waals surface area contributed by atoms with Crippen molar-refractivity contribution in [2.24, 2.45) is 5.73 Å². The fourth-order valence-corrected chi connectivity index (χ4v) is 4.61. The standard InChI is InChI=1S/C27H32N4O4/c1-2-3-5-12-29-27(35)18-8-10-19-21(16-18)30-23(25(33)24(19)32)17-9-11-22(20(15-17)26(28)34)31-13-6-4-7-14-31/h8-11,15-16,33H,2-7,12-14H2,1H3,(H2,28,34)(H,29,35)(H,30,32). The number of unbranched alkanes of at least 4 members (excludes halogenated alkanes) is 2. The highest BCUT2D eigenvalue weighted by atomic mass is 16.3. The number of H-pyrrole nitrogens is 1. The highest BCUT2D eigenvalue weighted by Crippen LogP contribution is 2.32. The molecule has 8 heteroatoms. The average Bonchev–Trinajstić information content (AvgIpc) is 2.88. The molecule has 0 unspecified atom stereocenters. The maximum absolute atomic E-state index is 12.9. The Morgan fingerprint density at radius 3 is 2.57 bits per heavy atom. The highest BCUT2D eigenvalue weighted by Gasteiger charge is 2.20. The van der Waals surface area contributed by atoms with Crippen molar-refractivity contribution in [3.63, 3.8) is 0 Å². The molecule has 1 saturated heterocycles. The number of fused-ring (bicyclic) bond motifs is 1. The molecule has 0 bridgehead atoms. The fourth-order valence-electron chi connectivity index (χ4n) is 4.61. The lowest BCUT2D eigenvalue weighted by molar-refractivity contribution is 0.0951. The van der Waals surface area contributed by atoms with Crippen LogP contribution >= 0.6 is 0 Å². The SMILES string of the molecule is CCCCCNC(=O)c1ccc2c(=O)c(O)c(-c3ccc(N4CCCCC4)c(C(N)=O)c3)[nH]c2c1. The molecule has 0 saturated carbocycles. The Labute approximate surface area is 204 Å². The summed E-state index contributed by atoms with van der Waals surface area (Å²) in [5.41, 5.74) is 7.71. The summed E-state index contributed by atoms with van der Waals surface area (Å²) in [6.45, 7) is 4.38. The number of piperidine rings is 1. The number of carbonyl (C=O) groups is 2. The fraction of sp³-hybridized carbons (Fsp3) is 0.370. The van der Waals surface area contributed by atoms with Crippen LogP contribution < -0.4 is 21.4 Å². The molecular weight excluding hydrogens is 444 g/mol. The second-order valence-electron chi connectivity index (χ2n) is 9.04. The Kier molecular flexibility index (Phi) is 7.39. The molecular formula is C27H32N4O4. The molecule has 3 aromatic rings. The van der Waals surface area contributed by atoms with Crippen molar-refractivity contribution >= 4 is 28.4 Å². The van der Waals surface area contributed by atoms with Gasteiger partial charge >= 0.3 is 0 Å². The van der Waals surface area contributed by atoms with Gasteiger partial charge in [0.05, 0.1) is 16.8 Å². The van der Waals surface area contributed by atoms with Crippen molar-refractivity contribution in [1.29, 1.82) is 0 Å². The summed E-state index contributed by atoms with van der Waals surface area (Å²) in [6.07, 6.45) is 6.26. The van der Waals surface area contributed by atoms with Crippen molar-refractivity contribution in [3.05, 3.63) is 57.7 Å². The van der Waals surface area contributed by atoms with Crippen molar-refractivity contribution < 1.29 is 14.7 Å². The number of hydrogen-bond donors (Lipinski definition) is 4. The first-order valence-corrected chi connectivity index (χ1v) is 12.3. The third-order valence-corrected chi connectivity index (χ3v) is 6.55. The Morgan fingerprint density at radius 2 is 1.86 bits per heavy atom. The number of benzene rings is 2. The molecule has 2 aromatic carbocycles. The number of aromatic nitrogens is 1.